The number of rotatable bonds is 8. The molecule has 0 radical (unpaired) electrons. The zero-order valence-corrected chi connectivity index (χ0v) is 18.7. The largest absolute Gasteiger partial charge is 0.477 e. The van der Waals surface area contributed by atoms with Gasteiger partial charge in [-0.3, -0.25) is 33.9 Å². The van der Waals surface area contributed by atoms with Crippen LogP contribution >= 0.6 is 15.2 Å². The molecule has 0 aromatic carbocycles. The molecule has 0 atom stereocenters. The first-order chi connectivity index (χ1) is 14.7. The van der Waals surface area contributed by atoms with Crippen LogP contribution in [0, 0.1) is 10.1 Å². The van der Waals surface area contributed by atoms with Crippen molar-refractivity contribution in [3.05, 3.63) is 33.6 Å². The van der Waals surface area contributed by atoms with Crippen molar-refractivity contribution in [2.24, 2.45) is 0 Å². The summed E-state index contributed by atoms with van der Waals surface area (Å²) in [7, 11) is -8.76. The molecule has 2 heterocycles. The standard InChI is InChI=1S/C15H25N5O10P2/c21-15(22)14-8-13(20(23)24)7-12(16-14)9-17-1-3-18(10-31(25,26)27)5-6-19(4-2-17)11-32(28,29)30/h7-8H,1-6,9-11H2,(H,21,22)(H2,25,26,27)(H2,28,29,30). The highest BCUT2D eigenvalue weighted by Gasteiger charge is 2.26. The number of hydrogen-bond donors (Lipinski definition) is 5. The summed E-state index contributed by atoms with van der Waals surface area (Å²) in [5, 5.41) is 20.3. The van der Waals surface area contributed by atoms with Crippen molar-refractivity contribution in [2.75, 3.05) is 51.8 Å². The number of nitro groups is 1. The van der Waals surface area contributed by atoms with Gasteiger partial charge in [0.2, 0.25) is 0 Å². The zero-order valence-electron chi connectivity index (χ0n) is 16.9. The summed E-state index contributed by atoms with van der Waals surface area (Å²) < 4.78 is 22.9. The lowest BCUT2D eigenvalue weighted by Gasteiger charge is -2.25. The van der Waals surface area contributed by atoms with Crippen molar-refractivity contribution < 1.29 is 43.5 Å². The van der Waals surface area contributed by atoms with Crippen molar-refractivity contribution in [3.8, 4) is 0 Å². The third-order valence-electron chi connectivity index (χ3n) is 4.64. The molecule has 0 aliphatic carbocycles. The molecule has 1 aromatic rings. The molecule has 1 saturated heterocycles. The quantitative estimate of drug-likeness (QED) is 0.172. The van der Waals surface area contributed by atoms with Crippen LogP contribution in [0.4, 0.5) is 5.69 Å². The second kappa shape index (κ2) is 10.9. The third-order valence-corrected chi connectivity index (χ3v) is 6.18. The lowest BCUT2D eigenvalue weighted by molar-refractivity contribution is -0.385. The summed E-state index contributed by atoms with van der Waals surface area (Å²) >= 11 is 0. The second-order valence-corrected chi connectivity index (χ2v) is 10.6. The number of nitrogens with zero attached hydrogens (tertiary/aromatic N) is 5. The fraction of sp³-hybridized carbons (Fsp3) is 0.600. The van der Waals surface area contributed by atoms with Gasteiger partial charge >= 0.3 is 21.2 Å². The fourth-order valence-corrected chi connectivity index (χ4v) is 4.85. The zero-order chi connectivity index (χ0) is 24.1. The highest BCUT2D eigenvalue weighted by Crippen LogP contribution is 2.36. The first-order valence-corrected chi connectivity index (χ1v) is 13.0. The van der Waals surface area contributed by atoms with Crippen LogP contribution in [-0.4, -0.2) is 107 Å². The second-order valence-electron chi connectivity index (χ2n) is 7.39. The summed E-state index contributed by atoms with van der Waals surface area (Å²) in [4.78, 5) is 67.5. The fourth-order valence-electron chi connectivity index (χ4n) is 3.24. The first kappa shape index (κ1) is 26.5. The minimum Gasteiger partial charge on any atom is -0.477 e. The molecule has 1 aliphatic heterocycles. The predicted molar refractivity (Wildman–Crippen MR) is 110 cm³/mol. The van der Waals surface area contributed by atoms with Gasteiger partial charge in [-0.25, -0.2) is 9.78 Å². The van der Waals surface area contributed by atoms with Gasteiger partial charge in [0.15, 0.2) is 5.69 Å². The lowest BCUT2D eigenvalue weighted by Crippen LogP contribution is -2.36. The Balaban J connectivity index is 2.25. The van der Waals surface area contributed by atoms with Crippen molar-refractivity contribution in [2.45, 2.75) is 6.54 Å². The van der Waals surface area contributed by atoms with Crippen LogP contribution in [0.1, 0.15) is 16.2 Å². The van der Waals surface area contributed by atoms with E-state index in [2.05, 4.69) is 4.98 Å². The van der Waals surface area contributed by atoms with Gasteiger partial charge < -0.3 is 24.7 Å². The molecule has 180 valence electrons. The Morgan fingerprint density at radius 1 is 0.938 bits per heavy atom. The van der Waals surface area contributed by atoms with Gasteiger partial charge in [-0.15, -0.1) is 0 Å². The van der Waals surface area contributed by atoms with Crippen LogP contribution < -0.4 is 0 Å². The Bertz CT molecular complexity index is 867. The molecule has 0 saturated carbocycles. The maximum Gasteiger partial charge on any atom is 0.354 e. The maximum atomic E-state index is 11.4. The Hall–Kier alpha value is -1.80. The van der Waals surface area contributed by atoms with Crippen molar-refractivity contribution in [1.29, 1.82) is 0 Å². The number of aromatic carboxylic acids is 1. The molecule has 0 spiro atoms. The molecule has 2 rings (SSSR count). The van der Waals surface area contributed by atoms with E-state index in [4.69, 9.17) is 5.11 Å². The normalized spacial score (nSPS) is 18.0. The minimum absolute atomic E-state index is 0.00450. The van der Waals surface area contributed by atoms with Gasteiger partial charge in [0, 0.05) is 57.9 Å². The topological polar surface area (TPSA) is 218 Å². The van der Waals surface area contributed by atoms with Gasteiger partial charge in [0.25, 0.3) is 5.69 Å². The van der Waals surface area contributed by atoms with Crippen LogP contribution in [-0.2, 0) is 15.7 Å². The van der Waals surface area contributed by atoms with Gasteiger partial charge in [-0.1, -0.05) is 0 Å². The highest BCUT2D eigenvalue weighted by atomic mass is 31.2. The molecule has 32 heavy (non-hydrogen) atoms. The van der Waals surface area contributed by atoms with Gasteiger partial charge in [-0.2, -0.15) is 0 Å². The van der Waals surface area contributed by atoms with Crippen LogP contribution in [0.15, 0.2) is 12.1 Å². The summed E-state index contributed by atoms with van der Waals surface area (Å²) in [6.45, 7) is 1.25. The minimum atomic E-state index is -4.38. The van der Waals surface area contributed by atoms with Gasteiger partial charge in [-0.05, 0) is 0 Å². The molecule has 1 fully saturated rings. The van der Waals surface area contributed by atoms with Gasteiger partial charge in [0.05, 0.1) is 10.6 Å². The smallest absolute Gasteiger partial charge is 0.354 e. The van der Waals surface area contributed by atoms with Crippen molar-refractivity contribution in [1.82, 2.24) is 19.7 Å². The van der Waals surface area contributed by atoms with E-state index in [0.717, 1.165) is 12.1 Å². The summed E-state index contributed by atoms with van der Waals surface area (Å²) in [6.07, 6.45) is -1.08. The molecule has 0 amide bonds. The Kier molecular flexibility index (Phi) is 8.99. The molecule has 5 N–H and O–H groups in total. The van der Waals surface area contributed by atoms with E-state index in [-0.39, 0.29) is 51.5 Å². The molecule has 1 aliphatic rings. The van der Waals surface area contributed by atoms with E-state index in [1.54, 1.807) is 4.90 Å². The number of carbonyl (C=O) groups is 1. The number of pyridine rings is 1. The van der Waals surface area contributed by atoms with Crippen LogP contribution in [0.25, 0.3) is 0 Å². The average molecular weight is 497 g/mol. The maximum absolute atomic E-state index is 11.4. The Labute approximate surface area is 182 Å². The van der Waals surface area contributed by atoms with Gasteiger partial charge in [0.1, 0.15) is 12.6 Å². The number of carboxylic acid groups (broad SMARTS) is 1. The molecule has 17 heteroatoms. The summed E-state index contributed by atoms with van der Waals surface area (Å²) in [5.41, 5.74) is -0.827. The van der Waals surface area contributed by atoms with E-state index in [0.29, 0.717) is 0 Å². The highest BCUT2D eigenvalue weighted by molar-refractivity contribution is 7.51. The summed E-state index contributed by atoms with van der Waals surface area (Å²) in [5.74, 6) is -1.43. The Morgan fingerprint density at radius 2 is 1.38 bits per heavy atom. The SMILES string of the molecule is O=C(O)c1cc([N+](=O)[O-])cc(CN2CCN(CP(=O)(O)O)CCN(CP(=O)(O)O)CC2)n1. The van der Waals surface area contributed by atoms with Crippen LogP contribution in [0.2, 0.25) is 0 Å². The first-order valence-electron chi connectivity index (χ1n) is 9.37. The van der Waals surface area contributed by atoms with Crippen LogP contribution in [0.5, 0.6) is 0 Å². The molecule has 0 unspecified atom stereocenters. The summed E-state index contributed by atoms with van der Waals surface area (Å²) in [6, 6.07) is 1.98. The molecule has 15 nitrogen and oxygen atoms in total. The van der Waals surface area contributed by atoms with E-state index >= 15 is 0 Å². The molecule has 1 aromatic heterocycles. The predicted octanol–water partition coefficient (Wildman–Crippen LogP) is -0.622. The lowest BCUT2D eigenvalue weighted by atomic mass is 10.2. The molecular weight excluding hydrogens is 472 g/mol. The van der Waals surface area contributed by atoms with E-state index in [1.165, 1.54) is 9.80 Å². The van der Waals surface area contributed by atoms with E-state index in [1.807, 2.05) is 0 Å². The van der Waals surface area contributed by atoms with Crippen LogP contribution in [0.3, 0.4) is 0 Å². The molecular formula is C15H25N5O10P2. The Morgan fingerprint density at radius 3 is 1.75 bits per heavy atom. The van der Waals surface area contributed by atoms with E-state index in [9.17, 15) is 43.6 Å². The number of hydrogen-bond acceptors (Lipinski definition) is 9. The number of aromatic nitrogens is 1. The number of carboxylic acids is 1. The average Bonchev–Trinajstić information content (AvgIpc) is 2.72. The van der Waals surface area contributed by atoms with E-state index < -0.39 is 50.0 Å². The molecule has 0 bridgehead atoms. The van der Waals surface area contributed by atoms with Crippen molar-refractivity contribution in [3.63, 3.8) is 0 Å². The van der Waals surface area contributed by atoms with Crippen molar-refractivity contribution >= 4 is 26.8 Å². The monoisotopic (exact) mass is 497 g/mol. The third kappa shape index (κ3) is 9.36.